The van der Waals surface area contributed by atoms with E-state index in [4.69, 9.17) is 14.2 Å². The average Bonchev–Trinajstić information content (AvgIpc) is 2.85. The molecule has 0 aliphatic heterocycles. The predicted octanol–water partition coefficient (Wildman–Crippen LogP) is 4.14. The molecule has 0 aliphatic carbocycles. The van der Waals surface area contributed by atoms with Gasteiger partial charge in [0.2, 0.25) is 0 Å². The number of anilines is 2. The molecule has 0 saturated heterocycles. The minimum Gasteiger partial charge on any atom is -0.497 e. The standard InChI is InChI=1S/C25H25FN2O7S/c1-15-11-20(9-10-22(15)26)36(31,32)28-23-8-6-5-7-21(23)25(30)35-16(2)24(29)27-17-12-18(33-3)14-19(13-17)34-4/h5-14,16,28H,1-4H3,(H,27,29)/t16-/m0/s1. The minimum absolute atomic E-state index is 0.0605. The lowest BCUT2D eigenvalue weighted by molar-refractivity contribution is -0.123. The monoisotopic (exact) mass is 516 g/mol. The highest BCUT2D eigenvalue weighted by Gasteiger charge is 2.24. The van der Waals surface area contributed by atoms with E-state index in [0.29, 0.717) is 17.2 Å². The number of aryl methyl sites for hydroxylation is 1. The maximum atomic E-state index is 13.6. The van der Waals surface area contributed by atoms with Crippen LogP contribution in [0.1, 0.15) is 22.8 Å². The maximum absolute atomic E-state index is 13.6. The molecule has 9 nitrogen and oxygen atoms in total. The van der Waals surface area contributed by atoms with Crippen molar-refractivity contribution in [3.8, 4) is 11.5 Å². The molecule has 11 heteroatoms. The summed E-state index contributed by atoms with van der Waals surface area (Å²) in [5, 5.41) is 2.61. The molecule has 0 aliphatic rings. The number of amides is 1. The normalized spacial score (nSPS) is 11.8. The molecule has 0 unspecified atom stereocenters. The second-order valence-electron chi connectivity index (χ2n) is 7.70. The number of methoxy groups -OCH3 is 2. The van der Waals surface area contributed by atoms with Gasteiger partial charge < -0.3 is 19.5 Å². The van der Waals surface area contributed by atoms with Crippen molar-refractivity contribution in [1.82, 2.24) is 0 Å². The van der Waals surface area contributed by atoms with Crippen molar-refractivity contribution in [3.05, 3.63) is 77.6 Å². The molecule has 3 aromatic rings. The van der Waals surface area contributed by atoms with Gasteiger partial charge in [-0.05, 0) is 49.7 Å². The Bertz CT molecular complexity index is 1370. The highest BCUT2D eigenvalue weighted by atomic mass is 32.2. The van der Waals surface area contributed by atoms with Gasteiger partial charge in [0.05, 0.1) is 30.4 Å². The molecule has 1 amide bonds. The Balaban J connectivity index is 1.75. The van der Waals surface area contributed by atoms with E-state index in [-0.39, 0.29) is 21.7 Å². The van der Waals surface area contributed by atoms with Crippen LogP contribution < -0.4 is 19.5 Å². The van der Waals surface area contributed by atoms with Crippen LogP contribution in [-0.4, -0.2) is 40.6 Å². The van der Waals surface area contributed by atoms with Crippen molar-refractivity contribution in [1.29, 1.82) is 0 Å². The number of rotatable bonds is 9. The van der Waals surface area contributed by atoms with Crippen LogP contribution in [0, 0.1) is 12.7 Å². The second-order valence-corrected chi connectivity index (χ2v) is 9.38. The van der Waals surface area contributed by atoms with Crippen LogP contribution in [0.25, 0.3) is 0 Å². The summed E-state index contributed by atoms with van der Waals surface area (Å²) in [6, 6.07) is 13.9. The van der Waals surface area contributed by atoms with E-state index in [0.717, 1.165) is 12.1 Å². The molecule has 36 heavy (non-hydrogen) atoms. The van der Waals surface area contributed by atoms with Crippen LogP contribution in [0.2, 0.25) is 0 Å². The summed E-state index contributed by atoms with van der Waals surface area (Å²) >= 11 is 0. The Kier molecular flexibility index (Phi) is 8.15. The van der Waals surface area contributed by atoms with Crippen molar-refractivity contribution in [2.24, 2.45) is 0 Å². The van der Waals surface area contributed by atoms with E-state index in [9.17, 15) is 22.4 Å². The van der Waals surface area contributed by atoms with Crippen LogP contribution in [0.15, 0.2) is 65.6 Å². The summed E-state index contributed by atoms with van der Waals surface area (Å²) in [7, 11) is -1.20. The first-order chi connectivity index (χ1) is 17.0. The summed E-state index contributed by atoms with van der Waals surface area (Å²) in [5.74, 6) is -1.19. The quantitative estimate of drug-likeness (QED) is 0.410. The third kappa shape index (κ3) is 6.30. The van der Waals surface area contributed by atoms with Gasteiger partial charge in [-0.2, -0.15) is 0 Å². The van der Waals surface area contributed by atoms with Crippen LogP contribution >= 0.6 is 0 Å². The fraction of sp³-hybridized carbons (Fsp3) is 0.200. The second kappa shape index (κ2) is 11.1. The summed E-state index contributed by atoms with van der Waals surface area (Å²) in [4.78, 5) is 25.3. The SMILES string of the molecule is COc1cc(NC(=O)[C@H](C)OC(=O)c2ccccc2NS(=O)(=O)c2ccc(F)c(C)c2)cc(OC)c1. The van der Waals surface area contributed by atoms with Crippen molar-refractivity contribution in [2.45, 2.75) is 24.8 Å². The average molecular weight is 517 g/mol. The number of halogens is 1. The van der Waals surface area contributed by atoms with Gasteiger partial charge in [-0.1, -0.05) is 12.1 Å². The Morgan fingerprint density at radius 1 is 0.944 bits per heavy atom. The van der Waals surface area contributed by atoms with E-state index in [1.165, 1.54) is 58.4 Å². The molecule has 0 heterocycles. The van der Waals surface area contributed by atoms with E-state index >= 15 is 0 Å². The van der Waals surface area contributed by atoms with Gasteiger partial charge in [-0.3, -0.25) is 9.52 Å². The Hall–Kier alpha value is -4.12. The number of hydrogen-bond acceptors (Lipinski definition) is 7. The molecular weight excluding hydrogens is 491 g/mol. The maximum Gasteiger partial charge on any atom is 0.341 e. The number of ether oxygens (including phenoxy) is 3. The zero-order valence-electron chi connectivity index (χ0n) is 20.0. The molecule has 3 aromatic carbocycles. The zero-order chi connectivity index (χ0) is 26.5. The number of carbonyl (C=O) groups is 2. The summed E-state index contributed by atoms with van der Waals surface area (Å²) in [6.45, 7) is 2.81. The number of sulfonamides is 1. The highest BCUT2D eigenvalue weighted by molar-refractivity contribution is 7.92. The first-order valence-electron chi connectivity index (χ1n) is 10.7. The number of para-hydroxylation sites is 1. The third-order valence-corrected chi connectivity index (χ3v) is 6.47. The van der Waals surface area contributed by atoms with Crippen LogP contribution in [0.4, 0.5) is 15.8 Å². The fourth-order valence-corrected chi connectivity index (χ4v) is 4.30. The molecule has 3 rings (SSSR count). The van der Waals surface area contributed by atoms with Crippen molar-refractivity contribution < 1.29 is 36.6 Å². The first-order valence-corrected chi connectivity index (χ1v) is 12.2. The molecule has 0 aromatic heterocycles. The van der Waals surface area contributed by atoms with Gasteiger partial charge in [0.25, 0.3) is 15.9 Å². The Labute approximate surface area is 208 Å². The van der Waals surface area contributed by atoms with Crippen LogP contribution in [0.3, 0.4) is 0 Å². The van der Waals surface area contributed by atoms with Gasteiger partial charge >= 0.3 is 5.97 Å². The summed E-state index contributed by atoms with van der Waals surface area (Å²) < 4.78 is 57.1. The lowest BCUT2D eigenvalue weighted by Crippen LogP contribution is -2.30. The topological polar surface area (TPSA) is 120 Å². The minimum atomic E-state index is -4.13. The molecule has 190 valence electrons. The molecule has 0 bridgehead atoms. The molecule has 0 spiro atoms. The van der Waals surface area contributed by atoms with E-state index in [1.807, 2.05) is 0 Å². The van der Waals surface area contributed by atoms with Crippen LogP contribution in [-0.2, 0) is 19.6 Å². The van der Waals surface area contributed by atoms with Gasteiger partial charge in [0.1, 0.15) is 17.3 Å². The number of nitrogens with one attached hydrogen (secondary N) is 2. The number of esters is 1. The summed E-state index contributed by atoms with van der Waals surface area (Å²) in [6.07, 6.45) is -1.22. The highest BCUT2D eigenvalue weighted by Crippen LogP contribution is 2.26. The van der Waals surface area contributed by atoms with Gasteiger partial charge in [0.15, 0.2) is 6.10 Å². The molecule has 0 fully saturated rings. The zero-order valence-corrected chi connectivity index (χ0v) is 20.8. The molecule has 0 saturated carbocycles. The fourth-order valence-electron chi connectivity index (χ4n) is 3.14. The number of benzene rings is 3. The Morgan fingerprint density at radius 2 is 1.58 bits per heavy atom. The van der Waals surface area contributed by atoms with E-state index in [1.54, 1.807) is 18.2 Å². The van der Waals surface area contributed by atoms with Crippen LogP contribution in [0.5, 0.6) is 11.5 Å². The third-order valence-electron chi connectivity index (χ3n) is 5.10. The number of hydrogen-bond donors (Lipinski definition) is 2. The lowest BCUT2D eigenvalue weighted by Gasteiger charge is -2.16. The number of carbonyl (C=O) groups excluding carboxylic acids is 2. The molecule has 0 radical (unpaired) electrons. The smallest absolute Gasteiger partial charge is 0.341 e. The van der Waals surface area contributed by atoms with Gasteiger partial charge in [-0.25, -0.2) is 17.6 Å². The largest absolute Gasteiger partial charge is 0.497 e. The summed E-state index contributed by atoms with van der Waals surface area (Å²) in [5.41, 5.74) is 0.346. The first kappa shape index (κ1) is 26.5. The van der Waals surface area contributed by atoms with E-state index < -0.39 is 33.8 Å². The lowest BCUT2D eigenvalue weighted by atomic mass is 10.2. The molecule has 2 N–H and O–H groups in total. The van der Waals surface area contributed by atoms with Crippen molar-refractivity contribution in [2.75, 3.05) is 24.3 Å². The van der Waals surface area contributed by atoms with Gasteiger partial charge in [0, 0.05) is 23.9 Å². The Morgan fingerprint density at radius 3 is 2.19 bits per heavy atom. The van der Waals surface area contributed by atoms with Crippen molar-refractivity contribution in [3.63, 3.8) is 0 Å². The predicted molar refractivity (Wildman–Crippen MR) is 131 cm³/mol. The van der Waals surface area contributed by atoms with E-state index in [2.05, 4.69) is 10.0 Å². The molecular formula is C25H25FN2O7S. The van der Waals surface area contributed by atoms with Gasteiger partial charge in [-0.15, -0.1) is 0 Å². The molecule has 1 atom stereocenters. The van der Waals surface area contributed by atoms with Crippen molar-refractivity contribution >= 4 is 33.3 Å².